The molecule has 0 aromatic carbocycles. The van der Waals surface area contributed by atoms with Crippen LogP contribution in [0.3, 0.4) is 0 Å². The second-order valence-electron chi connectivity index (χ2n) is 4.28. The topological polar surface area (TPSA) is 83.8 Å². The van der Waals surface area contributed by atoms with Gasteiger partial charge in [-0.05, 0) is 12.0 Å². The van der Waals surface area contributed by atoms with Crippen LogP contribution in [-0.4, -0.2) is 31.1 Å². The van der Waals surface area contributed by atoms with E-state index in [2.05, 4.69) is 29.1 Å². The van der Waals surface area contributed by atoms with Crippen LogP contribution in [0.2, 0.25) is 0 Å². The fourth-order valence-corrected chi connectivity index (χ4v) is 1.61. The first kappa shape index (κ1) is 11.4. The van der Waals surface area contributed by atoms with Crippen LogP contribution in [0.5, 0.6) is 0 Å². The zero-order valence-electron chi connectivity index (χ0n) is 9.71. The van der Waals surface area contributed by atoms with Gasteiger partial charge in [0.1, 0.15) is 11.3 Å². The number of carbonyl (C=O) groups is 1. The number of aromatic amines is 1. The van der Waals surface area contributed by atoms with Crippen LogP contribution in [0.25, 0.3) is 11.4 Å². The van der Waals surface area contributed by atoms with Crippen LogP contribution in [0.15, 0.2) is 18.5 Å². The summed E-state index contributed by atoms with van der Waals surface area (Å²) in [6, 6.07) is 1.78. The van der Waals surface area contributed by atoms with Gasteiger partial charge in [0.05, 0.1) is 11.9 Å². The Morgan fingerprint density at radius 3 is 3.00 bits per heavy atom. The van der Waals surface area contributed by atoms with Crippen LogP contribution in [-0.2, 0) is 6.54 Å². The molecule has 0 bridgehead atoms. The highest BCUT2D eigenvalue weighted by atomic mass is 16.4. The summed E-state index contributed by atoms with van der Waals surface area (Å²) in [7, 11) is 0. The molecule has 0 aliphatic rings. The lowest BCUT2D eigenvalue weighted by Gasteiger charge is -2.03. The Bertz CT molecular complexity index is 527. The highest BCUT2D eigenvalue weighted by Gasteiger charge is 2.16. The van der Waals surface area contributed by atoms with Crippen molar-refractivity contribution in [1.29, 1.82) is 0 Å². The Morgan fingerprint density at radius 2 is 2.35 bits per heavy atom. The number of hydrogen-bond donors (Lipinski definition) is 2. The maximum Gasteiger partial charge on any atom is 0.339 e. The molecule has 2 aromatic rings. The van der Waals surface area contributed by atoms with Crippen molar-refractivity contribution in [2.45, 2.75) is 20.4 Å². The molecule has 2 rings (SSSR count). The molecular weight excluding hydrogens is 220 g/mol. The fraction of sp³-hybridized carbons (Fsp3) is 0.364. The van der Waals surface area contributed by atoms with E-state index in [1.54, 1.807) is 10.7 Å². The molecule has 0 saturated carbocycles. The first-order chi connectivity index (χ1) is 8.08. The third kappa shape index (κ3) is 2.35. The summed E-state index contributed by atoms with van der Waals surface area (Å²) in [6.45, 7) is 5.00. The molecule has 0 aliphatic heterocycles. The zero-order valence-corrected chi connectivity index (χ0v) is 9.71. The third-order valence-corrected chi connectivity index (χ3v) is 2.32. The van der Waals surface area contributed by atoms with Crippen molar-refractivity contribution < 1.29 is 9.90 Å². The molecular formula is C11H14N4O2. The molecule has 0 radical (unpaired) electrons. The molecule has 2 N–H and O–H groups in total. The highest BCUT2D eigenvalue weighted by Crippen LogP contribution is 2.19. The first-order valence-corrected chi connectivity index (χ1v) is 5.38. The standard InChI is InChI=1S/C11H14N4O2/c1-7(2)6-15-4-3-9(14-15)10-8(11(16)17)5-12-13-10/h3-5,7H,6H2,1-2H3,(H,12,13)(H,16,17). The number of carboxylic acid groups (broad SMARTS) is 1. The van der Waals surface area contributed by atoms with E-state index in [4.69, 9.17) is 5.11 Å². The summed E-state index contributed by atoms with van der Waals surface area (Å²) in [5.74, 6) is -0.518. The molecule has 0 aliphatic carbocycles. The van der Waals surface area contributed by atoms with Crippen LogP contribution >= 0.6 is 0 Å². The molecule has 0 fully saturated rings. The highest BCUT2D eigenvalue weighted by molar-refractivity contribution is 5.93. The van der Waals surface area contributed by atoms with Crippen LogP contribution in [0, 0.1) is 5.92 Å². The summed E-state index contributed by atoms with van der Waals surface area (Å²) in [4.78, 5) is 10.9. The number of nitrogens with one attached hydrogen (secondary N) is 1. The molecule has 0 spiro atoms. The molecule has 0 saturated heterocycles. The van der Waals surface area contributed by atoms with E-state index in [9.17, 15) is 4.79 Å². The van der Waals surface area contributed by atoms with Gasteiger partial charge in [-0.25, -0.2) is 4.79 Å². The van der Waals surface area contributed by atoms with Crippen molar-refractivity contribution in [3.8, 4) is 11.4 Å². The lowest BCUT2D eigenvalue weighted by molar-refractivity contribution is 0.0698. The van der Waals surface area contributed by atoms with Crippen LogP contribution in [0.1, 0.15) is 24.2 Å². The zero-order chi connectivity index (χ0) is 12.4. The Kier molecular flexibility index (Phi) is 2.95. The van der Waals surface area contributed by atoms with Gasteiger partial charge in [-0.15, -0.1) is 0 Å². The normalized spacial score (nSPS) is 11.0. The second-order valence-corrected chi connectivity index (χ2v) is 4.28. The van der Waals surface area contributed by atoms with Crippen molar-refractivity contribution in [2.24, 2.45) is 5.92 Å². The fourth-order valence-electron chi connectivity index (χ4n) is 1.61. The molecule has 0 amide bonds. The van der Waals surface area contributed by atoms with Crippen molar-refractivity contribution in [2.75, 3.05) is 0 Å². The Hall–Kier alpha value is -2.11. The van der Waals surface area contributed by atoms with Crippen molar-refractivity contribution >= 4 is 5.97 Å². The molecule has 90 valence electrons. The second kappa shape index (κ2) is 4.40. The predicted molar refractivity (Wildman–Crippen MR) is 61.6 cm³/mol. The van der Waals surface area contributed by atoms with Gasteiger partial charge in [-0.2, -0.15) is 10.2 Å². The van der Waals surface area contributed by atoms with E-state index in [0.717, 1.165) is 6.54 Å². The van der Waals surface area contributed by atoms with E-state index in [0.29, 0.717) is 17.3 Å². The van der Waals surface area contributed by atoms with E-state index in [-0.39, 0.29) is 5.56 Å². The van der Waals surface area contributed by atoms with Gasteiger partial charge in [0.25, 0.3) is 0 Å². The minimum Gasteiger partial charge on any atom is -0.478 e. The summed E-state index contributed by atoms with van der Waals surface area (Å²) in [6.07, 6.45) is 3.13. The van der Waals surface area contributed by atoms with Gasteiger partial charge >= 0.3 is 5.97 Å². The molecule has 0 atom stereocenters. The lowest BCUT2D eigenvalue weighted by Crippen LogP contribution is -2.05. The number of aromatic nitrogens is 4. The monoisotopic (exact) mass is 234 g/mol. The van der Waals surface area contributed by atoms with Crippen molar-refractivity contribution in [1.82, 2.24) is 20.0 Å². The molecule has 2 heterocycles. The number of nitrogens with zero attached hydrogens (tertiary/aromatic N) is 3. The van der Waals surface area contributed by atoms with E-state index in [1.165, 1.54) is 6.20 Å². The summed E-state index contributed by atoms with van der Waals surface area (Å²) in [5.41, 5.74) is 1.18. The number of hydrogen-bond acceptors (Lipinski definition) is 3. The van der Waals surface area contributed by atoms with Gasteiger partial charge in [-0.1, -0.05) is 13.8 Å². The maximum atomic E-state index is 10.9. The van der Waals surface area contributed by atoms with E-state index in [1.807, 2.05) is 6.20 Å². The van der Waals surface area contributed by atoms with Crippen molar-refractivity contribution in [3.63, 3.8) is 0 Å². The number of rotatable bonds is 4. The van der Waals surface area contributed by atoms with Gasteiger partial charge in [0, 0.05) is 12.7 Å². The third-order valence-electron chi connectivity index (χ3n) is 2.32. The quantitative estimate of drug-likeness (QED) is 0.842. The smallest absolute Gasteiger partial charge is 0.339 e. The number of H-pyrrole nitrogens is 1. The molecule has 0 unspecified atom stereocenters. The minimum absolute atomic E-state index is 0.139. The van der Waals surface area contributed by atoms with Gasteiger partial charge in [0.2, 0.25) is 0 Å². The average molecular weight is 234 g/mol. The van der Waals surface area contributed by atoms with Gasteiger partial charge < -0.3 is 5.11 Å². The largest absolute Gasteiger partial charge is 0.478 e. The lowest BCUT2D eigenvalue weighted by atomic mass is 10.2. The Morgan fingerprint density at radius 1 is 1.59 bits per heavy atom. The summed E-state index contributed by atoms with van der Waals surface area (Å²) >= 11 is 0. The predicted octanol–water partition coefficient (Wildman–Crippen LogP) is 1.63. The molecule has 6 heteroatoms. The Labute approximate surface area is 98.3 Å². The average Bonchev–Trinajstić information content (AvgIpc) is 2.82. The Balaban J connectivity index is 2.30. The summed E-state index contributed by atoms with van der Waals surface area (Å²) < 4.78 is 1.80. The first-order valence-electron chi connectivity index (χ1n) is 5.38. The summed E-state index contributed by atoms with van der Waals surface area (Å²) in [5, 5.41) is 19.7. The minimum atomic E-state index is -1.01. The number of carboxylic acids is 1. The number of aromatic carboxylic acids is 1. The van der Waals surface area contributed by atoms with Gasteiger partial charge in [0.15, 0.2) is 0 Å². The van der Waals surface area contributed by atoms with Crippen LogP contribution < -0.4 is 0 Å². The molecule has 2 aromatic heterocycles. The van der Waals surface area contributed by atoms with E-state index >= 15 is 0 Å². The molecule has 17 heavy (non-hydrogen) atoms. The van der Waals surface area contributed by atoms with Crippen LogP contribution in [0.4, 0.5) is 0 Å². The van der Waals surface area contributed by atoms with Crippen molar-refractivity contribution in [3.05, 3.63) is 24.0 Å². The van der Waals surface area contributed by atoms with E-state index < -0.39 is 5.97 Å². The maximum absolute atomic E-state index is 10.9. The SMILES string of the molecule is CC(C)Cn1ccc(-c2[nH]ncc2C(=O)O)n1. The molecule has 6 nitrogen and oxygen atoms in total. The van der Waals surface area contributed by atoms with Gasteiger partial charge in [-0.3, -0.25) is 9.78 Å².